The summed E-state index contributed by atoms with van der Waals surface area (Å²) in [6, 6.07) is 0. The van der Waals surface area contributed by atoms with E-state index in [2.05, 4.69) is 5.10 Å². The summed E-state index contributed by atoms with van der Waals surface area (Å²) in [5.74, 6) is 0.451. The van der Waals surface area contributed by atoms with Crippen molar-refractivity contribution >= 4 is 12.6 Å². The number of hydrogen-bond acceptors (Lipinski definition) is 2. The van der Waals surface area contributed by atoms with Gasteiger partial charge in [-0.15, -0.1) is 0 Å². The average molecular weight is 127 g/mol. The van der Waals surface area contributed by atoms with Crippen molar-refractivity contribution in [2.24, 2.45) is 11.0 Å². The van der Waals surface area contributed by atoms with Crippen molar-refractivity contribution in [3.63, 3.8) is 0 Å². The third-order valence-electron chi connectivity index (χ3n) is 0.734. The van der Waals surface area contributed by atoms with Crippen molar-refractivity contribution in [1.82, 2.24) is 5.01 Å². The van der Waals surface area contributed by atoms with Gasteiger partial charge >= 0.3 is 0 Å². The molecule has 9 heavy (non-hydrogen) atoms. The van der Waals surface area contributed by atoms with Gasteiger partial charge < -0.3 is 0 Å². The summed E-state index contributed by atoms with van der Waals surface area (Å²) in [7, 11) is 1.73. The van der Waals surface area contributed by atoms with Crippen LogP contribution in [0.5, 0.6) is 0 Å². The van der Waals surface area contributed by atoms with Gasteiger partial charge in [0.25, 0.3) is 0 Å². The van der Waals surface area contributed by atoms with Crippen LogP contribution in [0.3, 0.4) is 0 Å². The molecule has 0 spiro atoms. The number of nitrogens with zero attached hydrogens (tertiary/aromatic N) is 2. The maximum Gasteiger partial charge on any atom is 0.102 e. The third kappa shape index (κ3) is 5.00. The van der Waals surface area contributed by atoms with Gasteiger partial charge in [0.2, 0.25) is 0 Å². The molecular formula is C6H13N3. The predicted octanol–water partition coefficient (Wildman–Crippen LogP) is 1.17. The smallest absolute Gasteiger partial charge is 0.102 e. The zero-order valence-corrected chi connectivity index (χ0v) is 6.13. The SMILES string of the molecule is CC(C)/C=N\N(C)C=N. The van der Waals surface area contributed by atoms with Gasteiger partial charge in [0.05, 0.1) is 0 Å². The largest absolute Gasteiger partial charge is 0.290 e. The maximum absolute atomic E-state index is 6.74. The molecular weight excluding hydrogens is 114 g/mol. The number of hydrazone groups is 1. The summed E-state index contributed by atoms with van der Waals surface area (Å²) < 4.78 is 0. The van der Waals surface area contributed by atoms with Gasteiger partial charge in [-0.2, -0.15) is 5.10 Å². The van der Waals surface area contributed by atoms with Gasteiger partial charge in [-0.3, -0.25) is 10.4 Å². The molecule has 0 aromatic carbocycles. The first-order valence-corrected chi connectivity index (χ1v) is 2.94. The molecule has 0 saturated carbocycles. The first-order valence-electron chi connectivity index (χ1n) is 2.94. The average Bonchev–Trinajstić information content (AvgIpc) is 1.83. The lowest BCUT2D eigenvalue weighted by Gasteiger charge is -2.02. The Labute approximate surface area is 55.9 Å². The number of nitrogens with one attached hydrogen (secondary N) is 1. The first-order chi connectivity index (χ1) is 4.16. The lowest BCUT2D eigenvalue weighted by molar-refractivity contribution is 0.556. The molecule has 3 nitrogen and oxygen atoms in total. The maximum atomic E-state index is 6.74. The van der Waals surface area contributed by atoms with E-state index in [0.717, 1.165) is 0 Å². The van der Waals surface area contributed by atoms with E-state index in [1.807, 2.05) is 13.8 Å². The monoisotopic (exact) mass is 127 g/mol. The fourth-order valence-electron chi connectivity index (χ4n) is 0.272. The van der Waals surface area contributed by atoms with Gasteiger partial charge in [-0.05, 0) is 5.92 Å². The van der Waals surface area contributed by atoms with Crippen LogP contribution in [-0.4, -0.2) is 24.6 Å². The Balaban J connectivity index is 3.56. The highest BCUT2D eigenvalue weighted by Crippen LogP contribution is 1.85. The summed E-state index contributed by atoms with van der Waals surface area (Å²) in [5.41, 5.74) is 0. The van der Waals surface area contributed by atoms with E-state index in [1.54, 1.807) is 13.3 Å². The van der Waals surface area contributed by atoms with Crippen molar-refractivity contribution in [3.05, 3.63) is 0 Å². The van der Waals surface area contributed by atoms with E-state index in [0.29, 0.717) is 5.92 Å². The van der Waals surface area contributed by atoms with E-state index < -0.39 is 0 Å². The molecule has 0 aromatic heterocycles. The van der Waals surface area contributed by atoms with Crippen molar-refractivity contribution in [2.75, 3.05) is 7.05 Å². The van der Waals surface area contributed by atoms with E-state index in [4.69, 9.17) is 5.41 Å². The van der Waals surface area contributed by atoms with E-state index in [9.17, 15) is 0 Å². The summed E-state index contributed by atoms with van der Waals surface area (Å²) in [6.45, 7) is 4.09. The second-order valence-corrected chi connectivity index (χ2v) is 2.21. The summed E-state index contributed by atoms with van der Waals surface area (Å²) in [4.78, 5) is 0. The summed E-state index contributed by atoms with van der Waals surface area (Å²) in [5, 5.41) is 12.1. The van der Waals surface area contributed by atoms with Gasteiger partial charge in [-0.25, -0.2) is 0 Å². The summed E-state index contributed by atoms with van der Waals surface area (Å²) in [6.07, 6.45) is 2.96. The minimum atomic E-state index is 0.451. The second-order valence-electron chi connectivity index (χ2n) is 2.21. The van der Waals surface area contributed by atoms with Gasteiger partial charge in [0.15, 0.2) is 0 Å². The molecule has 52 valence electrons. The van der Waals surface area contributed by atoms with Crippen LogP contribution >= 0.6 is 0 Å². The van der Waals surface area contributed by atoms with Gasteiger partial charge in [0.1, 0.15) is 6.34 Å². The van der Waals surface area contributed by atoms with E-state index >= 15 is 0 Å². The second kappa shape index (κ2) is 4.06. The van der Waals surface area contributed by atoms with Gasteiger partial charge in [-0.1, -0.05) is 13.8 Å². The van der Waals surface area contributed by atoms with Crippen LogP contribution in [0.2, 0.25) is 0 Å². The quantitative estimate of drug-likeness (QED) is 0.345. The molecule has 3 heteroatoms. The molecule has 0 atom stereocenters. The van der Waals surface area contributed by atoms with Crippen molar-refractivity contribution < 1.29 is 0 Å². The molecule has 0 aromatic rings. The Morgan fingerprint density at radius 2 is 2.11 bits per heavy atom. The highest BCUT2D eigenvalue weighted by atomic mass is 15.4. The van der Waals surface area contributed by atoms with Crippen molar-refractivity contribution in [2.45, 2.75) is 13.8 Å². The first kappa shape index (κ1) is 8.14. The third-order valence-corrected chi connectivity index (χ3v) is 0.734. The van der Waals surface area contributed by atoms with Gasteiger partial charge in [0, 0.05) is 13.3 Å². The Kier molecular flexibility index (Phi) is 3.67. The van der Waals surface area contributed by atoms with Crippen molar-refractivity contribution in [1.29, 1.82) is 5.41 Å². The molecule has 0 aliphatic rings. The zero-order chi connectivity index (χ0) is 7.28. The fourth-order valence-corrected chi connectivity index (χ4v) is 0.272. The van der Waals surface area contributed by atoms with E-state index in [1.165, 1.54) is 11.3 Å². The molecule has 1 N–H and O–H groups in total. The van der Waals surface area contributed by atoms with Crippen LogP contribution in [-0.2, 0) is 0 Å². The standard InChI is InChI=1S/C6H13N3/c1-6(2)4-8-9(3)5-7/h4-7H,1-3H3/b7-5?,8-4-. The molecule has 0 amide bonds. The minimum absolute atomic E-state index is 0.451. The van der Waals surface area contributed by atoms with E-state index in [-0.39, 0.29) is 0 Å². The predicted molar refractivity (Wildman–Crippen MR) is 39.9 cm³/mol. The van der Waals surface area contributed by atoms with Crippen LogP contribution in [0, 0.1) is 11.3 Å². The minimum Gasteiger partial charge on any atom is -0.290 e. The Hall–Kier alpha value is -0.860. The lowest BCUT2D eigenvalue weighted by atomic mass is 10.3. The Bertz CT molecular complexity index is 107. The molecule has 0 radical (unpaired) electrons. The normalized spacial score (nSPS) is 10.7. The Morgan fingerprint density at radius 1 is 1.56 bits per heavy atom. The summed E-state index contributed by atoms with van der Waals surface area (Å²) >= 11 is 0. The highest BCUT2D eigenvalue weighted by Gasteiger charge is 1.85. The van der Waals surface area contributed by atoms with Crippen LogP contribution in [0.1, 0.15) is 13.8 Å². The fraction of sp³-hybridized carbons (Fsp3) is 0.667. The topological polar surface area (TPSA) is 39.5 Å². The molecule has 0 bridgehead atoms. The molecule has 0 aliphatic carbocycles. The van der Waals surface area contributed by atoms with Crippen LogP contribution in [0.4, 0.5) is 0 Å². The van der Waals surface area contributed by atoms with Crippen LogP contribution in [0.15, 0.2) is 5.10 Å². The highest BCUT2D eigenvalue weighted by molar-refractivity contribution is 5.61. The molecule has 0 rings (SSSR count). The number of rotatable bonds is 3. The lowest BCUT2D eigenvalue weighted by Crippen LogP contribution is -2.07. The number of hydrogen-bond donors (Lipinski definition) is 1. The molecule has 0 unspecified atom stereocenters. The molecule has 0 saturated heterocycles. The van der Waals surface area contributed by atoms with Crippen molar-refractivity contribution in [3.8, 4) is 0 Å². The van der Waals surface area contributed by atoms with Crippen LogP contribution in [0.25, 0.3) is 0 Å². The molecule has 0 fully saturated rings. The zero-order valence-electron chi connectivity index (χ0n) is 6.13. The Morgan fingerprint density at radius 3 is 2.44 bits per heavy atom. The van der Waals surface area contributed by atoms with Crippen LogP contribution < -0.4 is 0 Å². The molecule has 0 aliphatic heterocycles. The molecule has 0 heterocycles.